The van der Waals surface area contributed by atoms with Gasteiger partial charge in [-0.15, -0.1) is 0 Å². The zero-order valence-corrected chi connectivity index (χ0v) is 13.9. The van der Waals surface area contributed by atoms with E-state index >= 15 is 0 Å². The third-order valence-electron chi connectivity index (χ3n) is 3.05. The molecule has 0 aromatic heterocycles. The van der Waals surface area contributed by atoms with Crippen LogP contribution in [-0.4, -0.2) is 39.8 Å². The average Bonchev–Trinajstić information content (AvgIpc) is 2.36. The van der Waals surface area contributed by atoms with E-state index in [4.69, 9.17) is 4.74 Å². The predicted molar refractivity (Wildman–Crippen MR) is 84.8 cm³/mol. The van der Waals surface area contributed by atoms with E-state index < -0.39 is 23.7 Å². The van der Waals surface area contributed by atoms with Crippen molar-refractivity contribution in [1.82, 2.24) is 4.90 Å². The molecule has 0 radical (unpaired) electrons. The summed E-state index contributed by atoms with van der Waals surface area (Å²) in [6.45, 7) is 8.85. The molecule has 0 spiro atoms. The summed E-state index contributed by atoms with van der Waals surface area (Å²) >= 11 is 0. The molecule has 1 unspecified atom stereocenters. The molecular formula is C17H25NO4. The lowest BCUT2D eigenvalue weighted by atomic mass is 10.0. The van der Waals surface area contributed by atoms with Crippen LogP contribution in [0.2, 0.25) is 0 Å². The lowest BCUT2D eigenvalue weighted by Gasteiger charge is -2.34. The summed E-state index contributed by atoms with van der Waals surface area (Å²) in [5.41, 5.74) is 0.198. The quantitative estimate of drug-likeness (QED) is 0.906. The third kappa shape index (κ3) is 5.39. The molecular weight excluding hydrogens is 282 g/mol. The highest BCUT2D eigenvalue weighted by molar-refractivity contribution is 5.80. The van der Waals surface area contributed by atoms with Crippen LogP contribution in [0.25, 0.3) is 0 Å². The maximum absolute atomic E-state index is 12.4. The van der Waals surface area contributed by atoms with Gasteiger partial charge in [0, 0.05) is 12.5 Å². The summed E-state index contributed by atoms with van der Waals surface area (Å²) in [6, 6.07) is 8.03. The Bertz CT molecular complexity index is 505. The summed E-state index contributed by atoms with van der Waals surface area (Å²) in [4.78, 5) is 25.3. The maximum atomic E-state index is 12.4. The summed E-state index contributed by atoms with van der Waals surface area (Å²) in [6.07, 6.45) is -0.362. The number of amides is 1. The predicted octanol–water partition coefficient (Wildman–Crippen LogP) is 3.33. The lowest BCUT2D eigenvalue weighted by Crippen LogP contribution is -2.51. The van der Waals surface area contributed by atoms with Gasteiger partial charge >= 0.3 is 12.1 Å². The van der Waals surface area contributed by atoms with Crippen molar-refractivity contribution in [2.45, 2.75) is 58.7 Å². The Morgan fingerprint density at radius 3 is 2.14 bits per heavy atom. The first-order valence-corrected chi connectivity index (χ1v) is 7.40. The zero-order chi connectivity index (χ0) is 16.9. The van der Waals surface area contributed by atoms with Gasteiger partial charge in [-0.25, -0.2) is 9.59 Å². The largest absolute Gasteiger partial charge is 0.480 e. The Morgan fingerprint density at radius 2 is 1.73 bits per heavy atom. The number of carbonyl (C=O) groups is 2. The van der Waals surface area contributed by atoms with Crippen LogP contribution in [0.4, 0.5) is 4.79 Å². The SMILES string of the molecule is CC(C)N(C(=O)OC(C)(C)C)C(Cc1ccccc1)C(=O)O. The molecule has 0 fully saturated rings. The van der Waals surface area contributed by atoms with Crippen molar-refractivity contribution in [3.8, 4) is 0 Å². The van der Waals surface area contributed by atoms with Gasteiger partial charge in [-0.05, 0) is 40.2 Å². The van der Waals surface area contributed by atoms with Gasteiger partial charge < -0.3 is 9.84 Å². The second-order valence-electron chi connectivity index (χ2n) is 6.53. The number of hydrogen-bond donors (Lipinski definition) is 1. The number of carbonyl (C=O) groups excluding carboxylic acids is 1. The number of hydrogen-bond acceptors (Lipinski definition) is 3. The highest BCUT2D eigenvalue weighted by Crippen LogP contribution is 2.18. The zero-order valence-electron chi connectivity index (χ0n) is 13.9. The molecule has 0 saturated heterocycles. The number of aliphatic carboxylic acids is 1. The number of carboxylic acid groups (broad SMARTS) is 1. The van der Waals surface area contributed by atoms with Crippen LogP contribution in [0.5, 0.6) is 0 Å². The summed E-state index contributed by atoms with van der Waals surface area (Å²) in [5.74, 6) is -1.04. The van der Waals surface area contributed by atoms with E-state index in [1.165, 1.54) is 4.90 Å². The monoisotopic (exact) mass is 307 g/mol. The molecule has 1 atom stereocenters. The molecule has 1 rings (SSSR count). The Balaban J connectivity index is 3.02. The van der Waals surface area contributed by atoms with Crippen LogP contribution in [0.3, 0.4) is 0 Å². The van der Waals surface area contributed by atoms with E-state index in [0.29, 0.717) is 0 Å². The molecule has 5 nitrogen and oxygen atoms in total. The molecule has 0 aliphatic heterocycles. The second kappa shape index (κ2) is 7.29. The van der Waals surface area contributed by atoms with Gasteiger partial charge in [0.1, 0.15) is 11.6 Å². The van der Waals surface area contributed by atoms with E-state index in [-0.39, 0.29) is 12.5 Å². The number of carboxylic acids is 1. The summed E-state index contributed by atoms with van der Waals surface area (Å²) in [7, 11) is 0. The van der Waals surface area contributed by atoms with Crippen LogP contribution in [0.1, 0.15) is 40.2 Å². The van der Waals surface area contributed by atoms with Gasteiger partial charge in [0.2, 0.25) is 0 Å². The highest BCUT2D eigenvalue weighted by atomic mass is 16.6. The first-order valence-electron chi connectivity index (χ1n) is 7.40. The minimum atomic E-state index is -1.04. The molecule has 0 saturated carbocycles. The molecule has 0 aliphatic carbocycles. The number of ether oxygens (including phenoxy) is 1. The Morgan fingerprint density at radius 1 is 1.18 bits per heavy atom. The van der Waals surface area contributed by atoms with E-state index in [0.717, 1.165) is 5.56 Å². The fraction of sp³-hybridized carbons (Fsp3) is 0.529. The van der Waals surface area contributed by atoms with Crippen LogP contribution in [0.15, 0.2) is 30.3 Å². The van der Waals surface area contributed by atoms with Crippen molar-refractivity contribution in [1.29, 1.82) is 0 Å². The van der Waals surface area contributed by atoms with E-state index in [1.54, 1.807) is 34.6 Å². The van der Waals surface area contributed by atoms with Crippen molar-refractivity contribution < 1.29 is 19.4 Å². The Hall–Kier alpha value is -2.04. The average molecular weight is 307 g/mol. The van der Waals surface area contributed by atoms with Gasteiger partial charge in [-0.1, -0.05) is 30.3 Å². The minimum absolute atomic E-state index is 0.244. The van der Waals surface area contributed by atoms with Crippen LogP contribution in [0, 0.1) is 0 Å². The van der Waals surface area contributed by atoms with E-state index in [1.807, 2.05) is 30.3 Å². The molecule has 1 N–H and O–H groups in total. The molecule has 1 aromatic carbocycles. The smallest absolute Gasteiger partial charge is 0.411 e. The summed E-state index contributed by atoms with van der Waals surface area (Å²) in [5, 5.41) is 9.55. The molecule has 22 heavy (non-hydrogen) atoms. The molecule has 0 aliphatic rings. The van der Waals surface area contributed by atoms with E-state index in [9.17, 15) is 14.7 Å². The molecule has 1 aromatic rings. The van der Waals surface area contributed by atoms with Crippen molar-refractivity contribution >= 4 is 12.1 Å². The normalized spacial score (nSPS) is 12.8. The number of rotatable bonds is 5. The van der Waals surface area contributed by atoms with E-state index in [2.05, 4.69) is 0 Å². The van der Waals surface area contributed by atoms with Crippen LogP contribution < -0.4 is 0 Å². The fourth-order valence-corrected chi connectivity index (χ4v) is 2.15. The highest BCUT2D eigenvalue weighted by Gasteiger charge is 2.34. The summed E-state index contributed by atoms with van der Waals surface area (Å²) < 4.78 is 5.35. The van der Waals surface area contributed by atoms with Gasteiger partial charge in [0.05, 0.1) is 0 Å². The number of benzene rings is 1. The first kappa shape index (κ1) is 18.0. The van der Waals surface area contributed by atoms with Crippen molar-refractivity contribution in [3.63, 3.8) is 0 Å². The number of nitrogens with zero attached hydrogens (tertiary/aromatic N) is 1. The fourth-order valence-electron chi connectivity index (χ4n) is 2.15. The topological polar surface area (TPSA) is 66.8 Å². The molecule has 122 valence electrons. The molecule has 5 heteroatoms. The van der Waals surface area contributed by atoms with Crippen LogP contribution in [-0.2, 0) is 16.0 Å². The minimum Gasteiger partial charge on any atom is -0.480 e. The second-order valence-corrected chi connectivity index (χ2v) is 6.53. The Labute approximate surface area is 131 Å². The standard InChI is InChI=1S/C17H25NO4/c1-12(2)18(16(21)22-17(3,4)5)14(15(19)20)11-13-9-7-6-8-10-13/h6-10,12,14H,11H2,1-5H3,(H,19,20). The van der Waals surface area contributed by atoms with Gasteiger partial charge in [-0.2, -0.15) is 0 Å². The molecule has 0 bridgehead atoms. The van der Waals surface area contributed by atoms with Crippen LogP contribution >= 0.6 is 0 Å². The molecule has 0 heterocycles. The Kier molecular flexibility index (Phi) is 5.97. The lowest BCUT2D eigenvalue weighted by molar-refractivity contribution is -0.143. The van der Waals surface area contributed by atoms with Crippen molar-refractivity contribution in [2.24, 2.45) is 0 Å². The van der Waals surface area contributed by atoms with Crippen molar-refractivity contribution in [3.05, 3.63) is 35.9 Å². The van der Waals surface area contributed by atoms with Gasteiger partial charge in [0.25, 0.3) is 0 Å². The first-order chi connectivity index (χ1) is 10.1. The third-order valence-corrected chi connectivity index (χ3v) is 3.05. The van der Waals surface area contributed by atoms with Gasteiger partial charge in [0.15, 0.2) is 0 Å². The van der Waals surface area contributed by atoms with Gasteiger partial charge in [-0.3, -0.25) is 4.90 Å². The molecule has 1 amide bonds. The van der Waals surface area contributed by atoms with Crippen molar-refractivity contribution in [2.75, 3.05) is 0 Å². The maximum Gasteiger partial charge on any atom is 0.411 e.